The maximum Gasteiger partial charge on any atom is 0.193 e. The number of methoxy groups -OCH3 is 1. The van der Waals surface area contributed by atoms with Crippen LogP contribution in [0.25, 0.3) is 12.2 Å². The van der Waals surface area contributed by atoms with Crippen LogP contribution in [0.2, 0.25) is 0 Å². The molecule has 2 aromatic rings. The Kier molecular flexibility index (Phi) is 4.70. The number of aromatic hydroxyl groups is 2. The summed E-state index contributed by atoms with van der Waals surface area (Å²) in [6.07, 6.45) is 6.54. The molecule has 1 heterocycles. The van der Waals surface area contributed by atoms with E-state index in [1.54, 1.807) is 44.4 Å². The van der Waals surface area contributed by atoms with Gasteiger partial charge in [0.2, 0.25) is 0 Å². The Hall–Kier alpha value is -3.21. The number of benzene rings is 2. The van der Waals surface area contributed by atoms with Gasteiger partial charge in [0.25, 0.3) is 0 Å². The smallest absolute Gasteiger partial charge is 0.193 e. The van der Waals surface area contributed by atoms with Crippen LogP contribution in [0.3, 0.4) is 0 Å². The van der Waals surface area contributed by atoms with Gasteiger partial charge in [-0.25, -0.2) is 0 Å². The minimum absolute atomic E-state index is 0.0440. The molecule has 0 saturated carbocycles. The van der Waals surface area contributed by atoms with E-state index in [0.717, 1.165) is 11.3 Å². The summed E-state index contributed by atoms with van der Waals surface area (Å²) < 4.78 is 11.0. The molecule has 0 bridgehead atoms. The van der Waals surface area contributed by atoms with Crippen LogP contribution in [0, 0.1) is 6.92 Å². The number of carbonyl (C=O) groups is 1. The first-order valence-electron chi connectivity index (χ1n) is 8.56. The molecule has 3 rings (SSSR count). The van der Waals surface area contributed by atoms with Gasteiger partial charge in [-0.1, -0.05) is 18.2 Å². The van der Waals surface area contributed by atoms with E-state index < -0.39 is 11.4 Å². The van der Waals surface area contributed by atoms with Crippen LogP contribution < -0.4 is 9.47 Å². The molecule has 0 amide bonds. The van der Waals surface area contributed by atoms with Crippen molar-refractivity contribution < 1.29 is 24.5 Å². The number of carbonyl (C=O) groups excluding carboxylic acids is 1. The zero-order chi connectivity index (χ0) is 19.8. The Balaban J connectivity index is 2.03. The molecule has 0 saturated heterocycles. The molecule has 0 fully saturated rings. The predicted molar refractivity (Wildman–Crippen MR) is 105 cm³/mol. The maximum atomic E-state index is 12.9. The lowest BCUT2D eigenvalue weighted by atomic mass is 9.93. The van der Waals surface area contributed by atoms with E-state index in [9.17, 15) is 15.0 Å². The third-order valence-electron chi connectivity index (χ3n) is 4.48. The van der Waals surface area contributed by atoms with Gasteiger partial charge in [0, 0.05) is 5.56 Å². The Morgan fingerprint density at radius 2 is 1.81 bits per heavy atom. The number of rotatable bonds is 4. The second-order valence-electron chi connectivity index (χ2n) is 6.95. The normalized spacial score (nSPS) is 14.7. The minimum Gasteiger partial charge on any atom is -0.507 e. The van der Waals surface area contributed by atoms with E-state index in [1.165, 1.54) is 6.08 Å². The topological polar surface area (TPSA) is 76.0 Å². The number of hydrogen-bond donors (Lipinski definition) is 2. The van der Waals surface area contributed by atoms with Gasteiger partial charge in [-0.2, -0.15) is 0 Å². The van der Waals surface area contributed by atoms with Crippen molar-refractivity contribution in [3.8, 4) is 23.0 Å². The van der Waals surface area contributed by atoms with E-state index in [4.69, 9.17) is 9.47 Å². The first kappa shape index (κ1) is 18.6. The first-order chi connectivity index (χ1) is 12.7. The highest BCUT2D eigenvalue weighted by Gasteiger charge is 2.31. The van der Waals surface area contributed by atoms with E-state index in [2.05, 4.69) is 0 Å². The average molecular weight is 366 g/mol. The molecule has 1 aliphatic heterocycles. The molecule has 0 radical (unpaired) electrons. The van der Waals surface area contributed by atoms with Crippen molar-refractivity contribution in [1.29, 1.82) is 0 Å². The molecule has 0 spiro atoms. The highest BCUT2D eigenvalue weighted by atomic mass is 16.5. The van der Waals surface area contributed by atoms with Crippen LogP contribution in [0.15, 0.2) is 36.4 Å². The number of hydrogen-bond acceptors (Lipinski definition) is 5. The van der Waals surface area contributed by atoms with Crippen LogP contribution in [-0.2, 0) is 0 Å². The monoisotopic (exact) mass is 366 g/mol. The third kappa shape index (κ3) is 3.53. The number of phenolic OH excluding ortho intramolecular Hbond substituents is 2. The summed E-state index contributed by atoms with van der Waals surface area (Å²) >= 11 is 0. The third-order valence-corrected chi connectivity index (χ3v) is 4.48. The van der Waals surface area contributed by atoms with Crippen molar-refractivity contribution in [2.45, 2.75) is 26.4 Å². The van der Waals surface area contributed by atoms with Gasteiger partial charge in [0.15, 0.2) is 5.78 Å². The molecule has 0 atom stereocenters. The van der Waals surface area contributed by atoms with Crippen LogP contribution in [0.4, 0.5) is 0 Å². The molecule has 140 valence electrons. The zero-order valence-electron chi connectivity index (χ0n) is 15.7. The minimum atomic E-state index is -0.657. The second-order valence-corrected chi connectivity index (χ2v) is 6.95. The fourth-order valence-electron chi connectivity index (χ4n) is 2.89. The molecule has 2 aromatic carbocycles. The molecule has 27 heavy (non-hydrogen) atoms. The molecule has 0 unspecified atom stereocenters. The summed E-state index contributed by atoms with van der Waals surface area (Å²) in [5, 5.41) is 20.8. The van der Waals surface area contributed by atoms with Crippen molar-refractivity contribution in [3.63, 3.8) is 0 Å². The first-order valence-corrected chi connectivity index (χ1v) is 8.56. The molecule has 0 aromatic heterocycles. The number of phenols is 2. The van der Waals surface area contributed by atoms with Crippen molar-refractivity contribution >= 4 is 17.9 Å². The van der Waals surface area contributed by atoms with Gasteiger partial charge in [-0.15, -0.1) is 0 Å². The Bertz CT molecular complexity index is 950. The highest BCUT2D eigenvalue weighted by Crippen LogP contribution is 2.46. The van der Waals surface area contributed by atoms with Crippen LogP contribution in [-0.4, -0.2) is 28.7 Å². The van der Waals surface area contributed by atoms with Gasteiger partial charge in [-0.3, -0.25) is 4.79 Å². The summed E-state index contributed by atoms with van der Waals surface area (Å²) in [6, 6.07) is 7.24. The SMILES string of the molecule is COc1ccc(/C=C/C(=O)c2c(O)c(C)c(O)c3c2OC(C)(C)C=C3)cc1. The van der Waals surface area contributed by atoms with E-state index in [-0.39, 0.29) is 28.4 Å². The lowest BCUT2D eigenvalue weighted by molar-refractivity contribution is 0.103. The maximum absolute atomic E-state index is 12.9. The van der Waals surface area contributed by atoms with Crippen molar-refractivity contribution in [2.75, 3.05) is 7.11 Å². The van der Waals surface area contributed by atoms with Crippen LogP contribution >= 0.6 is 0 Å². The fourth-order valence-corrected chi connectivity index (χ4v) is 2.89. The van der Waals surface area contributed by atoms with Crippen molar-refractivity contribution in [1.82, 2.24) is 0 Å². The zero-order valence-corrected chi connectivity index (χ0v) is 15.7. The molecular weight excluding hydrogens is 344 g/mol. The quantitative estimate of drug-likeness (QED) is 0.616. The van der Waals surface area contributed by atoms with Gasteiger partial charge in [-0.05, 0) is 56.7 Å². The van der Waals surface area contributed by atoms with E-state index >= 15 is 0 Å². The van der Waals surface area contributed by atoms with Gasteiger partial charge >= 0.3 is 0 Å². The summed E-state index contributed by atoms with van der Waals surface area (Å²) in [6.45, 7) is 5.23. The van der Waals surface area contributed by atoms with Gasteiger partial charge in [0.05, 0.1) is 12.7 Å². The van der Waals surface area contributed by atoms with E-state index in [0.29, 0.717) is 5.56 Å². The predicted octanol–water partition coefficient (Wildman–Crippen LogP) is 4.50. The van der Waals surface area contributed by atoms with E-state index in [1.807, 2.05) is 26.0 Å². The average Bonchev–Trinajstić information content (AvgIpc) is 2.64. The second kappa shape index (κ2) is 6.83. The summed E-state index contributed by atoms with van der Waals surface area (Å²) in [5.41, 5.74) is 0.834. The Labute approximate surface area is 158 Å². The van der Waals surface area contributed by atoms with Crippen LogP contribution in [0.1, 0.15) is 40.9 Å². The number of fused-ring (bicyclic) bond motifs is 1. The summed E-state index contributed by atoms with van der Waals surface area (Å²) in [5.74, 6) is 0.134. The molecular formula is C22H22O5. The van der Waals surface area contributed by atoms with Crippen molar-refractivity contribution in [3.05, 3.63) is 58.7 Å². The standard InChI is InChI=1S/C22H22O5/c1-13-19(24)16-11-12-22(2,3)27-21(16)18(20(13)25)17(23)10-7-14-5-8-15(26-4)9-6-14/h5-12,24-25H,1-4H3/b10-7+. The molecule has 2 N–H and O–H groups in total. The van der Waals surface area contributed by atoms with Crippen molar-refractivity contribution in [2.24, 2.45) is 0 Å². The largest absolute Gasteiger partial charge is 0.507 e. The molecule has 5 heteroatoms. The van der Waals surface area contributed by atoms with Crippen LogP contribution in [0.5, 0.6) is 23.0 Å². The van der Waals surface area contributed by atoms with Gasteiger partial charge in [0.1, 0.15) is 34.2 Å². The number of ketones is 1. The molecule has 1 aliphatic rings. The Morgan fingerprint density at radius 1 is 1.15 bits per heavy atom. The lowest BCUT2D eigenvalue weighted by Crippen LogP contribution is -2.28. The Morgan fingerprint density at radius 3 is 2.44 bits per heavy atom. The molecule has 5 nitrogen and oxygen atoms in total. The molecule has 0 aliphatic carbocycles. The summed E-state index contributed by atoms with van der Waals surface area (Å²) in [4.78, 5) is 12.9. The summed E-state index contributed by atoms with van der Waals surface area (Å²) in [7, 11) is 1.59. The fraction of sp³-hybridized carbons (Fsp3) is 0.227. The number of allylic oxidation sites excluding steroid dienone is 1. The number of ether oxygens (including phenoxy) is 2. The lowest BCUT2D eigenvalue weighted by Gasteiger charge is -2.30. The van der Waals surface area contributed by atoms with Gasteiger partial charge < -0.3 is 19.7 Å². The highest BCUT2D eigenvalue weighted by molar-refractivity contribution is 6.12.